The smallest absolute Gasteiger partial charge is 0.250 e. The fourth-order valence-electron chi connectivity index (χ4n) is 2.62. The molecule has 3 N–H and O–H groups in total. The van der Waals surface area contributed by atoms with Crippen molar-refractivity contribution in [2.45, 2.75) is 19.8 Å². The van der Waals surface area contributed by atoms with Crippen molar-refractivity contribution in [3.63, 3.8) is 0 Å². The lowest BCUT2D eigenvalue weighted by Gasteiger charge is -2.30. The van der Waals surface area contributed by atoms with Gasteiger partial charge in [-0.1, -0.05) is 12.1 Å². The zero-order valence-electron chi connectivity index (χ0n) is 13.0. The molecule has 0 radical (unpaired) electrons. The van der Waals surface area contributed by atoms with Crippen LogP contribution in [0.1, 0.15) is 30.1 Å². The summed E-state index contributed by atoms with van der Waals surface area (Å²) in [5, 5.41) is 2.72. The van der Waals surface area contributed by atoms with Crippen LogP contribution in [0.15, 0.2) is 24.3 Å². The molecule has 1 aromatic rings. The molecule has 1 aliphatic heterocycles. The Labute approximate surface area is 135 Å². The third-order valence-electron chi connectivity index (χ3n) is 4.03. The van der Waals surface area contributed by atoms with Gasteiger partial charge in [-0.15, -0.1) is 0 Å². The van der Waals surface area contributed by atoms with E-state index in [4.69, 9.17) is 5.73 Å². The number of amides is 2. The molecular formula is C15H21N3O4S. The number of anilines is 1. The summed E-state index contributed by atoms with van der Waals surface area (Å²) in [6, 6.07) is 6.55. The van der Waals surface area contributed by atoms with Gasteiger partial charge in [-0.2, -0.15) is 0 Å². The number of sulfonamides is 1. The molecule has 8 heteroatoms. The molecule has 0 spiro atoms. The van der Waals surface area contributed by atoms with Gasteiger partial charge in [-0.25, -0.2) is 12.7 Å². The number of primary amides is 1. The zero-order chi connectivity index (χ0) is 17.0. The minimum absolute atomic E-state index is 0.0653. The number of para-hydroxylation sites is 1. The Bertz CT molecular complexity index is 694. The monoisotopic (exact) mass is 339 g/mol. The Morgan fingerprint density at radius 2 is 1.87 bits per heavy atom. The highest BCUT2D eigenvalue weighted by Crippen LogP contribution is 2.22. The average molecular weight is 339 g/mol. The largest absolute Gasteiger partial charge is 0.366 e. The molecule has 23 heavy (non-hydrogen) atoms. The van der Waals surface area contributed by atoms with E-state index in [0.717, 1.165) is 0 Å². The van der Waals surface area contributed by atoms with E-state index in [2.05, 4.69) is 5.32 Å². The second-order valence-corrected chi connectivity index (χ2v) is 7.73. The molecule has 1 heterocycles. The Balaban J connectivity index is 2.00. The number of nitrogens with one attached hydrogen (secondary N) is 1. The highest BCUT2D eigenvalue weighted by molar-refractivity contribution is 7.89. The van der Waals surface area contributed by atoms with Crippen LogP contribution in [-0.2, 0) is 14.8 Å². The van der Waals surface area contributed by atoms with Crippen LogP contribution in [0.2, 0.25) is 0 Å². The number of carbonyl (C=O) groups is 2. The van der Waals surface area contributed by atoms with Gasteiger partial charge in [-0.05, 0) is 31.9 Å². The molecule has 0 atom stereocenters. The number of hydrogen-bond acceptors (Lipinski definition) is 4. The number of nitrogens with two attached hydrogens (primary N) is 1. The standard InChI is InChI=1S/C15H21N3O4S/c1-2-23(21,22)18-9-7-11(8-10-18)15(20)17-13-6-4-3-5-12(13)14(16)19/h3-6,11H,2,7-10H2,1H3,(H2,16,19)(H,17,20). The van der Waals surface area contributed by atoms with Crippen molar-refractivity contribution in [1.29, 1.82) is 0 Å². The van der Waals surface area contributed by atoms with Gasteiger partial charge in [0.05, 0.1) is 17.0 Å². The lowest BCUT2D eigenvalue weighted by Crippen LogP contribution is -2.42. The molecule has 0 bridgehead atoms. The highest BCUT2D eigenvalue weighted by Gasteiger charge is 2.30. The highest BCUT2D eigenvalue weighted by atomic mass is 32.2. The first-order valence-electron chi connectivity index (χ1n) is 7.52. The maximum absolute atomic E-state index is 12.3. The van der Waals surface area contributed by atoms with Crippen LogP contribution in [0, 0.1) is 5.92 Å². The number of benzene rings is 1. The van der Waals surface area contributed by atoms with Crippen molar-refractivity contribution in [2.75, 3.05) is 24.2 Å². The first kappa shape index (κ1) is 17.4. The molecule has 1 fully saturated rings. The van der Waals surface area contributed by atoms with Gasteiger partial charge < -0.3 is 11.1 Å². The summed E-state index contributed by atoms with van der Waals surface area (Å²) < 4.78 is 25.1. The Morgan fingerprint density at radius 1 is 1.26 bits per heavy atom. The number of hydrogen-bond donors (Lipinski definition) is 2. The van der Waals surface area contributed by atoms with Gasteiger partial charge in [0.15, 0.2) is 0 Å². The summed E-state index contributed by atoms with van der Waals surface area (Å²) in [7, 11) is -3.21. The molecule has 7 nitrogen and oxygen atoms in total. The topological polar surface area (TPSA) is 110 Å². The summed E-state index contributed by atoms with van der Waals surface area (Å²) in [6.45, 7) is 2.28. The Morgan fingerprint density at radius 3 is 2.43 bits per heavy atom. The maximum Gasteiger partial charge on any atom is 0.250 e. The van der Waals surface area contributed by atoms with E-state index in [-0.39, 0.29) is 23.1 Å². The minimum Gasteiger partial charge on any atom is -0.366 e. The van der Waals surface area contributed by atoms with Crippen molar-refractivity contribution < 1.29 is 18.0 Å². The molecule has 0 unspecified atom stereocenters. The van der Waals surface area contributed by atoms with E-state index in [1.54, 1.807) is 31.2 Å². The number of piperidine rings is 1. The Hall–Kier alpha value is -1.93. The van der Waals surface area contributed by atoms with Crippen molar-refractivity contribution >= 4 is 27.5 Å². The van der Waals surface area contributed by atoms with E-state index in [0.29, 0.717) is 31.6 Å². The molecule has 0 aliphatic carbocycles. The van der Waals surface area contributed by atoms with Crippen molar-refractivity contribution in [2.24, 2.45) is 11.7 Å². The van der Waals surface area contributed by atoms with Gasteiger partial charge >= 0.3 is 0 Å². The van der Waals surface area contributed by atoms with Gasteiger partial charge in [0.1, 0.15) is 0 Å². The molecule has 1 aromatic carbocycles. The van der Waals surface area contributed by atoms with Crippen LogP contribution in [0.3, 0.4) is 0 Å². The number of nitrogens with zero attached hydrogens (tertiary/aromatic N) is 1. The van der Waals surface area contributed by atoms with Crippen LogP contribution >= 0.6 is 0 Å². The Kier molecular flexibility index (Phi) is 5.38. The minimum atomic E-state index is -3.21. The van der Waals surface area contributed by atoms with E-state index < -0.39 is 15.9 Å². The van der Waals surface area contributed by atoms with Gasteiger partial charge in [-0.3, -0.25) is 9.59 Å². The normalized spacial score (nSPS) is 16.9. The van der Waals surface area contributed by atoms with E-state index in [9.17, 15) is 18.0 Å². The lowest BCUT2D eigenvalue weighted by atomic mass is 9.97. The average Bonchev–Trinajstić information content (AvgIpc) is 2.55. The number of carbonyl (C=O) groups excluding carboxylic acids is 2. The molecule has 1 aliphatic rings. The zero-order valence-corrected chi connectivity index (χ0v) is 13.8. The molecule has 1 saturated heterocycles. The van der Waals surface area contributed by atoms with E-state index in [1.165, 1.54) is 4.31 Å². The molecule has 126 valence electrons. The van der Waals surface area contributed by atoms with Crippen LogP contribution in [-0.4, -0.2) is 43.4 Å². The fraction of sp³-hybridized carbons (Fsp3) is 0.467. The van der Waals surface area contributed by atoms with Crippen molar-refractivity contribution in [3.8, 4) is 0 Å². The fourth-order valence-corrected chi connectivity index (χ4v) is 3.75. The van der Waals surface area contributed by atoms with E-state index in [1.807, 2.05) is 0 Å². The summed E-state index contributed by atoms with van der Waals surface area (Å²) in [4.78, 5) is 23.7. The molecule has 0 saturated carbocycles. The molecule has 2 rings (SSSR count). The van der Waals surface area contributed by atoms with Gasteiger partial charge in [0.2, 0.25) is 15.9 Å². The number of rotatable bonds is 5. The molecular weight excluding hydrogens is 318 g/mol. The predicted octanol–water partition coefficient (Wildman–Crippen LogP) is 0.786. The first-order chi connectivity index (χ1) is 10.8. The van der Waals surface area contributed by atoms with Crippen LogP contribution in [0.25, 0.3) is 0 Å². The SMILES string of the molecule is CCS(=O)(=O)N1CCC(C(=O)Nc2ccccc2C(N)=O)CC1. The van der Waals surface area contributed by atoms with Gasteiger partial charge in [0, 0.05) is 19.0 Å². The summed E-state index contributed by atoms with van der Waals surface area (Å²) in [6.07, 6.45) is 0.924. The van der Waals surface area contributed by atoms with Crippen LogP contribution < -0.4 is 11.1 Å². The quantitative estimate of drug-likeness (QED) is 0.826. The van der Waals surface area contributed by atoms with Crippen LogP contribution in [0.4, 0.5) is 5.69 Å². The van der Waals surface area contributed by atoms with Crippen molar-refractivity contribution in [1.82, 2.24) is 4.31 Å². The maximum atomic E-state index is 12.3. The molecule has 0 aromatic heterocycles. The third kappa shape index (κ3) is 4.08. The summed E-state index contributed by atoms with van der Waals surface area (Å²) in [5.41, 5.74) is 5.93. The second-order valence-electron chi connectivity index (χ2n) is 5.47. The first-order valence-corrected chi connectivity index (χ1v) is 9.13. The second kappa shape index (κ2) is 7.10. The van der Waals surface area contributed by atoms with Crippen LogP contribution in [0.5, 0.6) is 0 Å². The van der Waals surface area contributed by atoms with Gasteiger partial charge in [0.25, 0.3) is 5.91 Å². The van der Waals surface area contributed by atoms with E-state index >= 15 is 0 Å². The third-order valence-corrected chi connectivity index (χ3v) is 5.91. The summed E-state index contributed by atoms with van der Waals surface area (Å²) >= 11 is 0. The lowest BCUT2D eigenvalue weighted by molar-refractivity contribution is -0.120. The predicted molar refractivity (Wildman–Crippen MR) is 87.3 cm³/mol. The molecule has 2 amide bonds. The van der Waals surface area contributed by atoms with Crippen molar-refractivity contribution in [3.05, 3.63) is 29.8 Å². The summed E-state index contributed by atoms with van der Waals surface area (Å²) in [5.74, 6) is -1.04.